The van der Waals surface area contributed by atoms with Crippen molar-refractivity contribution in [2.24, 2.45) is 5.10 Å². The van der Waals surface area contributed by atoms with Crippen molar-refractivity contribution in [2.75, 3.05) is 5.75 Å². The maximum Gasteiger partial charge on any atom is 0.253 e. The van der Waals surface area contributed by atoms with Crippen LogP contribution in [0.25, 0.3) is 10.2 Å². The number of thiazole rings is 1. The molecule has 3 heterocycles. The van der Waals surface area contributed by atoms with Gasteiger partial charge < -0.3 is 0 Å². The number of carbonyl (C=O) groups excluding carboxylic acids is 1. The molecular formula is C22H16FN3OS3. The first-order chi connectivity index (χ1) is 14.7. The molecule has 4 nitrogen and oxygen atoms in total. The molecule has 1 aliphatic heterocycles. The number of thiophene rings is 1. The molecule has 0 unspecified atom stereocenters. The zero-order valence-electron chi connectivity index (χ0n) is 15.7. The van der Waals surface area contributed by atoms with Gasteiger partial charge in [0.15, 0.2) is 4.34 Å². The lowest BCUT2D eigenvalue weighted by Gasteiger charge is -2.21. The van der Waals surface area contributed by atoms with Crippen LogP contribution >= 0.6 is 34.4 Å². The average molecular weight is 454 g/mol. The third-order valence-corrected chi connectivity index (χ3v) is 7.90. The van der Waals surface area contributed by atoms with E-state index in [1.165, 1.54) is 23.9 Å². The number of rotatable bonds is 5. The summed E-state index contributed by atoms with van der Waals surface area (Å²) in [5, 5.41) is 8.21. The summed E-state index contributed by atoms with van der Waals surface area (Å²) in [4.78, 5) is 18.7. The van der Waals surface area contributed by atoms with Crippen LogP contribution in [0.1, 0.15) is 22.9 Å². The first kappa shape index (κ1) is 19.4. The molecule has 0 radical (unpaired) electrons. The second-order valence-electron chi connectivity index (χ2n) is 6.77. The van der Waals surface area contributed by atoms with E-state index in [1.807, 2.05) is 41.8 Å². The Hall–Kier alpha value is -2.55. The van der Waals surface area contributed by atoms with E-state index in [0.29, 0.717) is 6.42 Å². The molecular weight excluding hydrogens is 437 g/mol. The topological polar surface area (TPSA) is 45.6 Å². The first-order valence-corrected chi connectivity index (χ1v) is 12.0. The fraction of sp³-hybridized carbons (Fsp3) is 0.136. The lowest BCUT2D eigenvalue weighted by atomic mass is 10.0. The number of aromatic nitrogens is 1. The van der Waals surface area contributed by atoms with Crippen LogP contribution in [-0.4, -0.2) is 27.4 Å². The standard InChI is InChI=1S/C22H16FN3OS3/c23-15-9-7-14(8-10-15)18-12-17(19-6-3-11-28-19)25-26(18)21(27)13-29-22-24-16-4-1-2-5-20(16)30-22/h1-11,18H,12-13H2/t18-/m0/s1. The van der Waals surface area contributed by atoms with Crippen LogP contribution in [0.15, 0.2) is 75.5 Å². The quantitative estimate of drug-likeness (QED) is 0.350. The van der Waals surface area contributed by atoms with E-state index >= 15 is 0 Å². The fourth-order valence-electron chi connectivity index (χ4n) is 3.38. The molecule has 1 amide bonds. The van der Waals surface area contributed by atoms with Crippen molar-refractivity contribution in [3.8, 4) is 0 Å². The van der Waals surface area contributed by atoms with E-state index in [0.717, 1.165) is 30.7 Å². The van der Waals surface area contributed by atoms with Crippen molar-refractivity contribution < 1.29 is 9.18 Å². The van der Waals surface area contributed by atoms with Gasteiger partial charge in [-0.1, -0.05) is 42.1 Å². The van der Waals surface area contributed by atoms with Crippen LogP contribution in [-0.2, 0) is 4.79 Å². The largest absolute Gasteiger partial charge is 0.272 e. The third-order valence-electron chi connectivity index (χ3n) is 4.82. The van der Waals surface area contributed by atoms with Gasteiger partial charge in [0.1, 0.15) is 5.82 Å². The molecule has 0 aliphatic carbocycles. The molecule has 8 heteroatoms. The van der Waals surface area contributed by atoms with Crippen molar-refractivity contribution in [2.45, 2.75) is 16.8 Å². The van der Waals surface area contributed by atoms with Gasteiger partial charge in [0, 0.05) is 6.42 Å². The van der Waals surface area contributed by atoms with Crippen LogP contribution in [0, 0.1) is 5.82 Å². The van der Waals surface area contributed by atoms with E-state index in [4.69, 9.17) is 0 Å². The molecule has 0 N–H and O–H groups in total. The highest BCUT2D eigenvalue weighted by Gasteiger charge is 2.33. The number of halogens is 1. The normalized spacial score (nSPS) is 16.2. The van der Waals surface area contributed by atoms with Gasteiger partial charge >= 0.3 is 0 Å². The van der Waals surface area contributed by atoms with Gasteiger partial charge in [-0.25, -0.2) is 14.4 Å². The maximum absolute atomic E-state index is 13.4. The molecule has 0 spiro atoms. The first-order valence-electron chi connectivity index (χ1n) is 9.34. The smallest absolute Gasteiger partial charge is 0.253 e. The number of hydrazone groups is 1. The summed E-state index contributed by atoms with van der Waals surface area (Å²) in [5.74, 6) is -0.126. The van der Waals surface area contributed by atoms with Crippen molar-refractivity contribution in [3.05, 3.63) is 82.3 Å². The highest BCUT2D eigenvalue weighted by atomic mass is 32.2. The summed E-state index contributed by atoms with van der Waals surface area (Å²) in [6.07, 6.45) is 0.615. The molecule has 30 heavy (non-hydrogen) atoms. The van der Waals surface area contributed by atoms with Gasteiger partial charge in [0.25, 0.3) is 5.91 Å². The predicted molar refractivity (Wildman–Crippen MR) is 122 cm³/mol. The molecule has 0 saturated carbocycles. The lowest BCUT2D eigenvalue weighted by Crippen LogP contribution is -2.28. The number of hydrogen-bond acceptors (Lipinski definition) is 6. The van der Waals surface area contributed by atoms with Gasteiger partial charge in [0.05, 0.1) is 32.6 Å². The fourth-order valence-corrected chi connectivity index (χ4v) is 6.02. The number of carbonyl (C=O) groups is 1. The molecule has 4 aromatic rings. The van der Waals surface area contributed by atoms with Crippen molar-refractivity contribution in [1.29, 1.82) is 0 Å². The van der Waals surface area contributed by atoms with Crippen LogP contribution in [0.5, 0.6) is 0 Å². The number of para-hydroxylation sites is 1. The number of nitrogens with zero attached hydrogens (tertiary/aromatic N) is 3. The van der Waals surface area contributed by atoms with Crippen molar-refractivity contribution in [1.82, 2.24) is 9.99 Å². The Balaban J connectivity index is 1.37. The Bertz CT molecular complexity index is 1190. The SMILES string of the molecule is O=C(CSc1nc2ccccc2s1)N1N=C(c2cccs2)C[C@H]1c1ccc(F)cc1. The second kappa shape index (κ2) is 8.29. The molecule has 1 aliphatic rings. The van der Waals surface area contributed by atoms with Gasteiger partial charge in [-0.2, -0.15) is 5.10 Å². The molecule has 2 aromatic carbocycles. The summed E-state index contributed by atoms with van der Waals surface area (Å²) in [5.41, 5.74) is 2.71. The van der Waals surface area contributed by atoms with Crippen molar-refractivity contribution >= 4 is 56.3 Å². The number of fused-ring (bicyclic) bond motifs is 1. The number of thioether (sulfide) groups is 1. The minimum Gasteiger partial charge on any atom is -0.272 e. The summed E-state index contributed by atoms with van der Waals surface area (Å²) in [6.45, 7) is 0. The second-order valence-corrected chi connectivity index (χ2v) is 9.97. The Morgan fingerprint density at radius 1 is 1.13 bits per heavy atom. The highest BCUT2D eigenvalue weighted by molar-refractivity contribution is 8.01. The Kier molecular flexibility index (Phi) is 5.37. The molecule has 1 atom stereocenters. The third kappa shape index (κ3) is 3.90. The summed E-state index contributed by atoms with van der Waals surface area (Å²) in [6, 6.07) is 18.0. The number of benzene rings is 2. The van der Waals surface area contributed by atoms with E-state index in [2.05, 4.69) is 10.1 Å². The Morgan fingerprint density at radius 3 is 2.73 bits per heavy atom. The zero-order chi connectivity index (χ0) is 20.5. The zero-order valence-corrected chi connectivity index (χ0v) is 18.1. The predicted octanol–water partition coefficient (Wildman–Crippen LogP) is 5.97. The summed E-state index contributed by atoms with van der Waals surface area (Å²) in [7, 11) is 0. The van der Waals surface area contributed by atoms with E-state index in [-0.39, 0.29) is 23.5 Å². The van der Waals surface area contributed by atoms with E-state index in [9.17, 15) is 9.18 Å². The molecule has 150 valence electrons. The average Bonchev–Trinajstić information content (AvgIpc) is 3.51. The number of hydrogen-bond donors (Lipinski definition) is 0. The van der Waals surface area contributed by atoms with Crippen LogP contribution < -0.4 is 0 Å². The lowest BCUT2D eigenvalue weighted by molar-refractivity contribution is -0.130. The molecule has 0 saturated heterocycles. The highest BCUT2D eigenvalue weighted by Crippen LogP contribution is 2.35. The van der Waals surface area contributed by atoms with Gasteiger partial charge in [-0.3, -0.25) is 4.79 Å². The van der Waals surface area contributed by atoms with Crippen molar-refractivity contribution in [3.63, 3.8) is 0 Å². The number of amides is 1. The molecule has 0 fully saturated rings. The van der Waals surface area contributed by atoms with Gasteiger partial charge in [-0.05, 0) is 41.3 Å². The Labute approximate surface area is 185 Å². The minimum atomic E-state index is -0.291. The monoisotopic (exact) mass is 453 g/mol. The van der Waals surface area contributed by atoms with E-state index < -0.39 is 0 Å². The van der Waals surface area contributed by atoms with E-state index in [1.54, 1.807) is 39.8 Å². The minimum absolute atomic E-state index is 0.0832. The van der Waals surface area contributed by atoms with Crippen LogP contribution in [0.2, 0.25) is 0 Å². The van der Waals surface area contributed by atoms with Gasteiger partial charge in [0.2, 0.25) is 0 Å². The molecule has 5 rings (SSSR count). The summed E-state index contributed by atoms with van der Waals surface area (Å²) >= 11 is 4.62. The van der Waals surface area contributed by atoms with Gasteiger partial charge in [-0.15, -0.1) is 22.7 Å². The Morgan fingerprint density at radius 2 is 1.97 bits per heavy atom. The molecule has 2 aromatic heterocycles. The summed E-state index contributed by atoms with van der Waals surface area (Å²) < 4.78 is 15.4. The molecule has 0 bridgehead atoms. The maximum atomic E-state index is 13.4. The van der Waals surface area contributed by atoms with Crippen LogP contribution in [0.4, 0.5) is 4.39 Å². The van der Waals surface area contributed by atoms with Crippen LogP contribution in [0.3, 0.4) is 0 Å².